The Morgan fingerprint density at radius 1 is 0.593 bits per heavy atom. The van der Waals surface area contributed by atoms with Crippen LogP contribution in [0.3, 0.4) is 0 Å². The van der Waals surface area contributed by atoms with E-state index < -0.39 is 75.2 Å². The highest BCUT2D eigenvalue weighted by molar-refractivity contribution is 7.47. The smallest absolute Gasteiger partial charge is 0.393 e. The zero-order valence-corrected chi connectivity index (χ0v) is 37.6. The molecule has 0 aliphatic heterocycles. The second kappa shape index (κ2) is 35.3. The van der Waals surface area contributed by atoms with E-state index in [1.54, 1.807) is 6.08 Å². The third kappa shape index (κ3) is 27.5. The summed E-state index contributed by atoms with van der Waals surface area (Å²) >= 11 is 0. The topological polar surface area (TPSA) is 226 Å². The van der Waals surface area contributed by atoms with Crippen LogP contribution in [0.25, 0.3) is 0 Å². The van der Waals surface area contributed by atoms with Crippen LogP contribution < -0.4 is 5.32 Å². The molecule has 0 spiro atoms. The molecule has 0 aromatic heterocycles. The van der Waals surface area contributed by atoms with Gasteiger partial charge in [-0.3, -0.25) is 13.8 Å². The van der Waals surface area contributed by atoms with Gasteiger partial charge in [0.25, 0.3) is 0 Å². The molecule has 8 unspecified atom stereocenters. The molecular weight excluding hydrogens is 777 g/mol. The third-order valence-electron chi connectivity index (χ3n) is 11.3. The lowest BCUT2D eigenvalue weighted by Crippen LogP contribution is -2.64. The maximum absolute atomic E-state index is 13.0. The summed E-state index contributed by atoms with van der Waals surface area (Å²) in [5.74, 6) is -0.603. The number of allylic oxidation sites excluding steroid dienone is 3. The van der Waals surface area contributed by atoms with Gasteiger partial charge in [-0.2, -0.15) is 0 Å². The van der Waals surface area contributed by atoms with Crippen LogP contribution in [0.1, 0.15) is 194 Å². The highest BCUT2D eigenvalue weighted by Crippen LogP contribution is 2.47. The zero-order valence-electron chi connectivity index (χ0n) is 36.7. The molecule has 1 fully saturated rings. The summed E-state index contributed by atoms with van der Waals surface area (Å²) in [5, 5.41) is 74.3. The second-order valence-electron chi connectivity index (χ2n) is 16.8. The van der Waals surface area contributed by atoms with Crippen LogP contribution in [-0.4, -0.2) is 108 Å². The Morgan fingerprint density at radius 3 is 1.49 bits per heavy atom. The van der Waals surface area contributed by atoms with Crippen molar-refractivity contribution in [3.63, 3.8) is 0 Å². The number of hydrogen-bond acceptors (Lipinski definition) is 11. The maximum atomic E-state index is 13.0. The van der Waals surface area contributed by atoms with E-state index in [0.29, 0.717) is 12.8 Å². The zero-order chi connectivity index (χ0) is 43.7. The number of phosphoric acid groups is 1. The Morgan fingerprint density at radius 2 is 1.00 bits per heavy atom. The molecule has 0 radical (unpaired) electrons. The Labute approximate surface area is 356 Å². The Kier molecular flexibility index (Phi) is 33.3. The number of aliphatic hydroxyl groups is 7. The molecule has 0 bridgehead atoms. The van der Waals surface area contributed by atoms with E-state index in [0.717, 1.165) is 44.9 Å². The molecule has 13 nitrogen and oxygen atoms in total. The van der Waals surface area contributed by atoms with E-state index in [1.165, 1.54) is 122 Å². The Hall–Kier alpha value is -1.22. The average Bonchev–Trinajstić information content (AvgIpc) is 3.21. The SMILES string of the molecule is CCCCCCCCCCCCCCC/C=C/CC/C=C/C(O)C(COP(=O)(O)OC1C(O)C(O)C(O)C(O)C1O)NC(=O)CC(O)CCCCCCCCCCCC. The van der Waals surface area contributed by atoms with E-state index >= 15 is 0 Å². The predicted octanol–water partition coefficient (Wildman–Crippen LogP) is 7.59. The van der Waals surface area contributed by atoms with E-state index in [2.05, 4.69) is 31.3 Å². The summed E-state index contributed by atoms with van der Waals surface area (Å²) in [6.45, 7) is 3.71. The number of aliphatic hydroxyl groups excluding tert-OH is 7. The Balaban J connectivity index is 2.57. The summed E-state index contributed by atoms with van der Waals surface area (Å²) in [6, 6.07) is -1.25. The van der Waals surface area contributed by atoms with Gasteiger partial charge in [-0.1, -0.05) is 179 Å². The number of rotatable bonds is 38. The van der Waals surface area contributed by atoms with Crippen LogP contribution in [0.4, 0.5) is 0 Å². The molecule has 1 rings (SSSR count). The Bertz CT molecular complexity index is 1110. The summed E-state index contributed by atoms with van der Waals surface area (Å²) in [4.78, 5) is 23.4. The first kappa shape index (κ1) is 55.8. The molecule has 59 heavy (non-hydrogen) atoms. The fourth-order valence-electron chi connectivity index (χ4n) is 7.43. The van der Waals surface area contributed by atoms with Gasteiger partial charge in [0, 0.05) is 0 Å². The first-order valence-corrected chi connectivity index (χ1v) is 24.9. The van der Waals surface area contributed by atoms with Crippen molar-refractivity contribution in [1.29, 1.82) is 0 Å². The summed E-state index contributed by atoms with van der Waals surface area (Å²) in [5.41, 5.74) is 0. The van der Waals surface area contributed by atoms with Crippen molar-refractivity contribution >= 4 is 13.7 Å². The van der Waals surface area contributed by atoms with Crippen LogP contribution in [0, 0.1) is 0 Å². The highest BCUT2D eigenvalue weighted by atomic mass is 31.2. The van der Waals surface area contributed by atoms with E-state index in [1.807, 2.05) is 0 Å². The van der Waals surface area contributed by atoms with Gasteiger partial charge in [-0.05, 0) is 32.1 Å². The summed E-state index contributed by atoms with van der Waals surface area (Å²) < 4.78 is 22.8. The fraction of sp³-hybridized carbons (Fsp3) is 0.889. The minimum absolute atomic E-state index is 0.250. The minimum Gasteiger partial charge on any atom is -0.393 e. The lowest BCUT2D eigenvalue weighted by Gasteiger charge is -2.41. The van der Waals surface area contributed by atoms with Crippen molar-refractivity contribution in [2.75, 3.05) is 6.61 Å². The van der Waals surface area contributed by atoms with Crippen molar-refractivity contribution in [2.24, 2.45) is 0 Å². The lowest BCUT2D eigenvalue weighted by molar-refractivity contribution is -0.220. The van der Waals surface area contributed by atoms with Crippen LogP contribution >= 0.6 is 7.82 Å². The van der Waals surface area contributed by atoms with Gasteiger partial charge in [0.2, 0.25) is 5.91 Å². The van der Waals surface area contributed by atoms with Gasteiger partial charge in [0.15, 0.2) is 0 Å². The number of carbonyl (C=O) groups is 1. The molecule has 1 amide bonds. The second-order valence-corrected chi connectivity index (χ2v) is 18.2. The molecule has 1 saturated carbocycles. The van der Waals surface area contributed by atoms with Gasteiger partial charge < -0.3 is 46.0 Å². The summed E-state index contributed by atoms with van der Waals surface area (Å²) in [7, 11) is -5.14. The molecule has 0 aromatic rings. The fourth-order valence-corrected chi connectivity index (χ4v) is 8.40. The van der Waals surface area contributed by atoms with Crippen molar-refractivity contribution in [3.05, 3.63) is 24.3 Å². The van der Waals surface area contributed by atoms with Gasteiger partial charge >= 0.3 is 7.82 Å². The monoisotopic (exact) mass is 864 g/mol. The number of nitrogens with one attached hydrogen (secondary N) is 1. The maximum Gasteiger partial charge on any atom is 0.472 e. The molecule has 1 aliphatic carbocycles. The molecular formula is C45H86NO12P. The molecule has 0 heterocycles. The predicted molar refractivity (Wildman–Crippen MR) is 234 cm³/mol. The molecule has 1 aliphatic rings. The van der Waals surface area contributed by atoms with Crippen LogP contribution in [-0.2, 0) is 18.4 Å². The van der Waals surface area contributed by atoms with Gasteiger partial charge in [-0.25, -0.2) is 4.57 Å². The first-order chi connectivity index (χ1) is 28.3. The number of amides is 1. The average molecular weight is 864 g/mol. The lowest BCUT2D eigenvalue weighted by atomic mass is 9.85. The molecule has 9 N–H and O–H groups in total. The molecule has 0 aromatic carbocycles. The largest absolute Gasteiger partial charge is 0.472 e. The van der Waals surface area contributed by atoms with Gasteiger partial charge in [0.1, 0.15) is 36.6 Å². The third-order valence-corrected chi connectivity index (χ3v) is 12.3. The number of phosphoric ester groups is 1. The molecule has 14 heteroatoms. The quantitative estimate of drug-likeness (QED) is 0.0166. The minimum atomic E-state index is -5.14. The van der Waals surface area contributed by atoms with Crippen LogP contribution in [0.15, 0.2) is 24.3 Å². The van der Waals surface area contributed by atoms with Crippen molar-refractivity contribution in [2.45, 2.75) is 249 Å². The summed E-state index contributed by atoms with van der Waals surface area (Å²) in [6.07, 6.45) is 24.2. The molecule has 0 saturated heterocycles. The van der Waals surface area contributed by atoms with Crippen molar-refractivity contribution in [3.8, 4) is 0 Å². The standard InChI is InChI=1S/C45H86NO12P/c1-3-5-7-9-11-13-15-16-17-18-19-20-21-22-23-25-27-29-31-33-38(48)37(35-57-59(55,56)58-45-43(53)41(51)40(50)42(52)44(45)54)46-39(49)34-36(47)32-30-28-26-24-14-12-10-8-6-4-2/h23,25,31,33,36-38,40-45,47-48,50-54H,3-22,24,26-30,32,34-35H2,1-2H3,(H,46,49)(H,55,56)/b25-23+,33-31+. The first-order valence-electron chi connectivity index (χ1n) is 23.4. The van der Waals surface area contributed by atoms with Gasteiger partial charge in [0.05, 0.1) is 31.3 Å². The molecule has 8 atom stereocenters. The number of unbranched alkanes of at least 4 members (excludes halogenated alkanes) is 23. The van der Waals surface area contributed by atoms with Crippen LogP contribution in [0.2, 0.25) is 0 Å². The van der Waals surface area contributed by atoms with Crippen LogP contribution in [0.5, 0.6) is 0 Å². The highest BCUT2D eigenvalue weighted by Gasteiger charge is 2.51. The normalized spacial score (nSPS) is 23.8. The van der Waals surface area contributed by atoms with E-state index in [9.17, 15) is 50.0 Å². The van der Waals surface area contributed by atoms with Crippen molar-refractivity contribution < 1.29 is 59.0 Å². The molecule has 348 valence electrons. The van der Waals surface area contributed by atoms with Gasteiger partial charge in [-0.15, -0.1) is 0 Å². The number of hydrogen-bond donors (Lipinski definition) is 9. The number of carbonyl (C=O) groups excluding carboxylic acids is 1. The van der Waals surface area contributed by atoms with E-state index in [-0.39, 0.29) is 6.42 Å². The van der Waals surface area contributed by atoms with E-state index in [4.69, 9.17) is 9.05 Å². The van der Waals surface area contributed by atoms with Crippen molar-refractivity contribution in [1.82, 2.24) is 5.32 Å².